The number of pyridine rings is 1. The Morgan fingerprint density at radius 2 is 1.95 bits per heavy atom. The number of benzene rings is 1. The van der Waals surface area contributed by atoms with Crippen LogP contribution in [0.25, 0.3) is 0 Å². The highest BCUT2D eigenvalue weighted by atomic mass is 16.6. The molecule has 0 fully saturated rings. The minimum atomic E-state index is -0.0965. The van der Waals surface area contributed by atoms with Crippen molar-refractivity contribution in [2.45, 2.75) is 25.8 Å². The third-order valence-electron chi connectivity index (χ3n) is 3.72. The van der Waals surface area contributed by atoms with Crippen molar-refractivity contribution < 1.29 is 9.47 Å². The smallest absolute Gasteiger partial charge is 0.161 e. The van der Waals surface area contributed by atoms with Crippen LogP contribution in [0.15, 0.2) is 36.5 Å². The maximum absolute atomic E-state index is 6.29. The Bertz CT molecular complexity index is 611. The zero-order valence-corrected chi connectivity index (χ0v) is 12.2. The zero-order chi connectivity index (χ0) is 14.7. The van der Waals surface area contributed by atoms with Crippen molar-refractivity contribution in [3.63, 3.8) is 0 Å². The second-order valence-electron chi connectivity index (χ2n) is 5.23. The molecule has 1 unspecified atom stereocenters. The third-order valence-corrected chi connectivity index (χ3v) is 3.72. The first-order valence-electron chi connectivity index (χ1n) is 7.35. The van der Waals surface area contributed by atoms with Gasteiger partial charge in [0.2, 0.25) is 0 Å². The van der Waals surface area contributed by atoms with E-state index in [-0.39, 0.29) is 6.04 Å². The van der Waals surface area contributed by atoms with Gasteiger partial charge in [0.05, 0.1) is 0 Å². The summed E-state index contributed by atoms with van der Waals surface area (Å²) in [5.74, 6) is 1.58. The number of ether oxygens (including phenoxy) is 2. The van der Waals surface area contributed by atoms with E-state index in [9.17, 15) is 0 Å². The number of rotatable bonds is 4. The van der Waals surface area contributed by atoms with E-state index in [0.29, 0.717) is 19.6 Å². The molecule has 0 radical (unpaired) electrons. The summed E-state index contributed by atoms with van der Waals surface area (Å²) in [5, 5.41) is 0. The fourth-order valence-corrected chi connectivity index (χ4v) is 2.42. The highest BCUT2D eigenvalue weighted by Crippen LogP contribution is 2.32. The molecule has 0 aliphatic carbocycles. The maximum atomic E-state index is 6.29. The Morgan fingerprint density at radius 1 is 1.14 bits per heavy atom. The summed E-state index contributed by atoms with van der Waals surface area (Å²) in [7, 11) is 0. The Kier molecular flexibility index (Phi) is 4.06. The summed E-state index contributed by atoms with van der Waals surface area (Å²) in [6.07, 6.45) is 3.64. The van der Waals surface area contributed by atoms with Gasteiger partial charge in [-0.25, -0.2) is 0 Å². The van der Waals surface area contributed by atoms with Gasteiger partial charge in [-0.1, -0.05) is 19.1 Å². The molecule has 0 saturated heterocycles. The summed E-state index contributed by atoms with van der Waals surface area (Å²) in [6, 6.07) is 9.96. The Hall–Kier alpha value is -2.07. The normalized spacial score (nSPS) is 14.8. The van der Waals surface area contributed by atoms with E-state index in [1.54, 1.807) is 0 Å². The number of aryl methyl sites for hydroxylation is 1. The van der Waals surface area contributed by atoms with Gasteiger partial charge in [-0.2, -0.15) is 0 Å². The molecule has 21 heavy (non-hydrogen) atoms. The summed E-state index contributed by atoms with van der Waals surface area (Å²) < 4.78 is 11.1. The average Bonchev–Trinajstić information content (AvgIpc) is 2.55. The van der Waals surface area contributed by atoms with Crippen LogP contribution in [0.2, 0.25) is 0 Å². The molecule has 3 rings (SSSR count). The molecule has 110 valence electrons. The summed E-state index contributed by atoms with van der Waals surface area (Å²) in [6.45, 7) is 3.31. The Labute approximate surface area is 124 Å². The highest BCUT2D eigenvalue weighted by molar-refractivity contribution is 5.44. The van der Waals surface area contributed by atoms with E-state index in [0.717, 1.165) is 29.2 Å². The zero-order valence-electron chi connectivity index (χ0n) is 12.2. The summed E-state index contributed by atoms with van der Waals surface area (Å²) in [4.78, 5) is 4.47. The Morgan fingerprint density at radius 3 is 2.67 bits per heavy atom. The summed E-state index contributed by atoms with van der Waals surface area (Å²) in [5.41, 5.74) is 9.59. The van der Waals surface area contributed by atoms with Gasteiger partial charge < -0.3 is 15.2 Å². The first-order valence-corrected chi connectivity index (χ1v) is 7.35. The van der Waals surface area contributed by atoms with Crippen molar-refractivity contribution in [2.24, 2.45) is 5.73 Å². The van der Waals surface area contributed by atoms with E-state index in [1.165, 1.54) is 5.56 Å². The van der Waals surface area contributed by atoms with Crippen molar-refractivity contribution in [3.05, 3.63) is 53.3 Å². The monoisotopic (exact) mass is 284 g/mol. The van der Waals surface area contributed by atoms with Gasteiger partial charge in [-0.15, -0.1) is 0 Å². The van der Waals surface area contributed by atoms with Crippen molar-refractivity contribution >= 4 is 0 Å². The molecule has 2 N–H and O–H groups in total. The molecule has 1 aromatic carbocycles. The van der Waals surface area contributed by atoms with Crippen molar-refractivity contribution in [1.29, 1.82) is 0 Å². The third kappa shape index (κ3) is 3.16. The second kappa shape index (κ2) is 6.14. The van der Waals surface area contributed by atoms with E-state index in [1.807, 2.05) is 24.4 Å². The predicted octanol–water partition coefficient (Wildman–Crippen LogP) is 2.66. The van der Waals surface area contributed by atoms with Gasteiger partial charge in [-0.05, 0) is 35.7 Å². The Balaban J connectivity index is 1.73. The van der Waals surface area contributed by atoms with Gasteiger partial charge in [-0.3, -0.25) is 4.98 Å². The van der Waals surface area contributed by atoms with Gasteiger partial charge in [0.15, 0.2) is 11.5 Å². The van der Waals surface area contributed by atoms with Crippen LogP contribution in [0.3, 0.4) is 0 Å². The van der Waals surface area contributed by atoms with Gasteiger partial charge in [0.25, 0.3) is 0 Å². The second-order valence-corrected chi connectivity index (χ2v) is 5.23. The van der Waals surface area contributed by atoms with Crippen molar-refractivity contribution in [3.8, 4) is 11.5 Å². The topological polar surface area (TPSA) is 57.4 Å². The van der Waals surface area contributed by atoms with Crippen LogP contribution in [0.4, 0.5) is 0 Å². The molecule has 0 saturated carbocycles. The van der Waals surface area contributed by atoms with Crippen LogP contribution in [0.1, 0.15) is 29.8 Å². The molecule has 1 aliphatic heterocycles. The summed E-state index contributed by atoms with van der Waals surface area (Å²) >= 11 is 0. The molecule has 1 aliphatic rings. The number of hydrogen-bond donors (Lipinski definition) is 1. The number of aromatic nitrogens is 1. The van der Waals surface area contributed by atoms with Crippen molar-refractivity contribution in [2.75, 3.05) is 13.2 Å². The van der Waals surface area contributed by atoms with Crippen LogP contribution < -0.4 is 15.2 Å². The fraction of sp³-hybridized carbons (Fsp3) is 0.353. The highest BCUT2D eigenvalue weighted by Gasteiger charge is 2.15. The van der Waals surface area contributed by atoms with E-state index in [4.69, 9.17) is 15.2 Å². The first-order chi connectivity index (χ1) is 10.3. The molecule has 4 nitrogen and oxygen atoms in total. The van der Waals surface area contributed by atoms with Gasteiger partial charge in [0, 0.05) is 24.4 Å². The lowest BCUT2D eigenvalue weighted by Gasteiger charge is -2.20. The number of nitrogens with zero attached hydrogens (tertiary/aromatic N) is 1. The molecular weight excluding hydrogens is 264 g/mol. The largest absolute Gasteiger partial charge is 0.486 e. The van der Waals surface area contributed by atoms with E-state index >= 15 is 0 Å². The van der Waals surface area contributed by atoms with Gasteiger partial charge in [0.1, 0.15) is 13.2 Å². The molecular formula is C17H20N2O2. The molecule has 4 heteroatoms. The maximum Gasteiger partial charge on any atom is 0.161 e. The van der Waals surface area contributed by atoms with Crippen LogP contribution in [0, 0.1) is 0 Å². The average molecular weight is 284 g/mol. The molecule has 0 amide bonds. The lowest BCUT2D eigenvalue weighted by molar-refractivity contribution is 0.171. The molecule has 0 bridgehead atoms. The standard InChI is InChI=1S/C17H20N2O2/c1-2-12-3-5-14(19-11-12)10-15(18)13-4-6-16-17(9-13)21-8-7-20-16/h3-6,9,11,15H,2,7-8,10,18H2,1H3. The predicted molar refractivity (Wildman–Crippen MR) is 81.7 cm³/mol. The first kappa shape index (κ1) is 13.9. The van der Waals surface area contributed by atoms with Crippen molar-refractivity contribution in [1.82, 2.24) is 4.98 Å². The molecule has 2 aromatic rings. The molecule has 1 aromatic heterocycles. The van der Waals surface area contributed by atoms with E-state index in [2.05, 4.69) is 24.0 Å². The number of fused-ring (bicyclic) bond motifs is 1. The van der Waals surface area contributed by atoms with Crippen LogP contribution >= 0.6 is 0 Å². The SMILES string of the molecule is CCc1ccc(CC(N)c2ccc3c(c2)OCCO3)nc1. The molecule has 1 atom stereocenters. The molecule has 0 spiro atoms. The number of nitrogens with two attached hydrogens (primary N) is 1. The quantitative estimate of drug-likeness (QED) is 0.937. The number of hydrogen-bond acceptors (Lipinski definition) is 4. The minimum absolute atomic E-state index is 0.0965. The van der Waals surface area contributed by atoms with Crippen LogP contribution in [0.5, 0.6) is 11.5 Å². The lowest BCUT2D eigenvalue weighted by Crippen LogP contribution is -2.17. The van der Waals surface area contributed by atoms with Crippen LogP contribution in [-0.2, 0) is 12.8 Å². The van der Waals surface area contributed by atoms with E-state index < -0.39 is 0 Å². The van der Waals surface area contributed by atoms with Crippen LogP contribution in [-0.4, -0.2) is 18.2 Å². The fourth-order valence-electron chi connectivity index (χ4n) is 2.42. The van der Waals surface area contributed by atoms with Gasteiger partial charge >= 0.3 is 0 Å². The lowest BCUT2D eigenvalue weighted by atomic mass is 10.0. The molecule has 2 heterocycles. The minimum Gasteiger partial charge on any atom is -0.486 e.